The van der Waals surface area contributed by atoms with E-state index < -0.39 is 17.2 Å². The third-order valence-corrected chi connectivity index (χ3v) is 3.03. The fourth-order valence-corrected chi connectivity index (χ4v) is 1.79. The second-order valence-electron chi connectivity index (χ2n) is 4.37. The molecule has 4 nitrogen and oxygen atoms in total. The van der Waals surface area contributed by atoms with Crippen LogP contribution in [0.25, 0.3) is 11.4 Å². The summed E-state index contributed by atoms with van der Waals surface area (Å²) in [6.07, 6.45) is 0. The van der Waals surface area contributed by atoms with Gasteiger partial charge >= 0.3 is 0 Å². The largest absolute Gasteiger partial charge is 0.337 e. The summed E-state index contributed by atoms with van der Waals surface area (Å²) in [5, 5.41) is 3.70. The van der Waals surface area contributed by atoms with Crippen LogP contribution in [0.2, 0.25) is 0 Å². The number of aromatic nitrogens is 2. The molecule has 0 atom stereocenters. The summed E-state index contributed by atoms with van der Waals surface area (Å²) >= 11 is 2.96. The van der Waals surface area contributed by atoms with Gasteiger partial charge in [-0.15, -0.1) is 0 Å². The van der Waals surface area contributed by atoms with E-state index in [4.69, 9.17) is 10.3 Å². The Kier molecular flexibility index (Phi) is 3.20. The zero-order valence-corrected chi connectivity index (χ0v) is 11.3. The van der Waals surface area contributed by atoms with Gasteiger partial charge in [0.2, 0.25) is 11.7 Å². The highest BCUT2D eigenvalue weighted by Gasteiger charge is 2.24. The van der Waals surface area contributed by atoms with Crippen molar-refractivity contribution in [3.63, 3.8) is 0 Å². The fourth-order valence-electron chi connectivity index (χ4n) is 1.29. The molecule has 0 aliphatic rings. The summed E-state index contributed by atoms with van der Waals surface area (Å²) in [5.74, 6) is -1.58. The van der Waals surface area contributed by atoms with Gasteiger partial charge < -0.3 is 10.3 Å². The van der Waals surface area contributed by atoms with Crippen molar-refractivity contribution < 1.29 is 13.3 Å². The van der Waals surface area contributed by atoms with Gasteiger partial charge in [0.1, 0.15) is 0 Å². The van der Waals surface area contributed by atoms with Crippen molar-refractivity contribution in [3.8, 4) is 11.4 Å². The number of nitrogens with zero attached hydrogens (tertiary/aromatic N) is 2. The maximum Gasteiger partial charge on any atom is 0.246 e. The number of hydrogen-bond acceptors (Lipinski definition) is 4. The highest BCUT2D eigenvalue weighted by atomic mass is 79.9. The SMILES string of the molecule is CC(C)(N)c1nc(-c2ccc(F)c(F)c2Br)no1. The number of rotatable bonds is 2. The van der Waals surface area contributed by atoms with Crippen molar-refractivity contribution in [1.29, 1.82) is 0 Å². The van der Waals surface area contributed by atoms with Gasteiger partial charge in [0.25, 0.3) is 0 Å². The molecule has 0 bridgehead atoms. The second-order valence-corrected chi connectivity index (χ2v) is 5.16. The third kappa shape index (κ3) is 2.28. The van der Waals surface area contributed by atoms with Gasteiger partial charge in [0, 0.05) is 5.56 Å². The number of hydrogen-bond donors (Lipinski definition) is 1. The first kappa shape index (κ1) is 13.1. The van der Waals surface area contributed by atoms with Crippen LogP contribution in [-0.4, -0.2) is 10.1 Å². The molecular formula is C11H10BrF2N3O. The van der Waals surface area contributed by atoms with Crippen LogP contribution in [0.3, 0.4) is 0 Å². The molecule has 0 saturated heterocycles. The first-order chi connectivity index (χ1) is 8.30. The van der Waals surface area contributed by atoms with Gasteiger partial charge in [-0.2, -0.15) is 4.98 Å². The molecule has 96 valence electrons. The van der Waals surface area contributed by atoms with Crippen molar-refractivity contribution in [1.82, 2.24) is 10.1 Å². The lowest BCUT2D eigenvalue weighted by Crippen LogP contribution is -2.28. The molecule has 0 saturated carbocycles. The van der Waals surface area contributed by atoms with Crippen molar-refractivity contribution in [3.05, 3.63) is 34.1 Å². The highest BCUT2D eigenvalue weighted by molar-refractivity contribution is 9.10. The van der Waals surface area contributed by atoms with Crippen LogP contribution >= 0.6 is 15.9 Å². The molecule has 7 heteroatoms. The molecule has 0 aliphatic heterocycles. The van der Waals surface area contributed by atoms with E-state index in [0.29, 0.717) is 5.56 Å². The Balaban J connectivity index is 2.50. The first-order valence-corrected chi connectivity index (χ1v) is 5.87. The second kappa shape index (κ2) is 4.40. The molecule has 0 radical (unpaired) electrons. The predicted octanol–water partition coefficient (Wildman–Crippen LogP) is 2.97. The lowest BCUT2D eigenvalue weighted by molar-refractivity contribution is 0.312. The normalized spacial score (nSPS) is 11.9. The Morgan fingerprint density at radius 1 is 1.33 bits per heavy atom. The molecule has 0 spiro atoms. The average molecular weight is 318 g/mol. The summed E-state index contributed by atoms with van der Waals surface area (Å²) in [6, 6.07) is 2.36. The topological polar surface area (TPSA) is 64.9 Å². The molecule has 0 fully saturated rings. The van der Waals surface area contributed by atoms with E-state index >= 15 is 0 Å². The summed E-state index contributed by atoms with van der Waals surface area (Å²) in [5.41, 5.74) is 5.30. The Morgan fingerprint density at radius 2 is 2.00 bits per heavy atom. The summed E-state index contributed by atoms with van der Waals surface area (Å²) < 4.78 is 31.3. The number of nitrogens with two attached hydrogens (primary N) is 1. The smallest absolute Gasteiger partial charge is 0.246 e. The van der Waals surface area contributed by atoms with Crippen molar-refractivity contribution in [2.24, 2.45) is 5.73 Å². The van der Waals surface area contributed by atoms with Crippen LogP contribution < -0.4 is 5.73 Å². The Hall–Kier alpha value is -1.34. The lowest BCUT2D eigenvalue weighted by atomic mass is 10.1. The van der Waals surface area contributed by atoms with E-state index in [9.17, 15) is 8.78 Å². The quantitative estimate of drug-likeness (QED) is 0.865. The van der Waals surface area contributed by atoms with Gasteiger partial charge in [0.05, 0.1) is 10.0 Å². The molecule has 2 N–H and O–H groups in total. The van der Waals surface area contributed by atoms with E-state index in [1.54, 1.807) is 13.8 Å². The van der Waals surface area contributed by atoms with Gasteiger partial charge in [-0.25, -0.2) is 8.78 Å². The fraction of sp³-hybridized carbons (Fsp3) is 0.273. The summed E-state index contributed by atoms with van der Waals surface area (Å²) in [7, 11) is 0. The standard InChI is InChI=1S/C11H10BrF2N3O/c1-11(2,15)10-16-9(17-18-10)5-3-4-6(13)8(14)7(5)12/h3-4H,15H2,1-2H3. The monoisotopic (exact) mass is 317 g/mol. The molecule has 18 heavy (non-hydrogen) atoms. The predicted molar refractivity (Wildman–Crippen MR) is 64.6 cm³/mol. The van der Waals surface area contributed by atoms with Crippen LogP contribution in [0, 0.1) is 11.6 Å². The molecule has 0 unspecified atom stereocenters. The molecule has 2 rings (SSSR count). The maximum atomic E-state index is 13.4. The minimum absolute atomic E-state index is 0.0512. The molecule has 0 aliphatic carbocycles. The highest BCUT2D eigenvalue weighted by Crippen LogP contribution is 2.30. The minimum atomic E-state index is -0.995. The maximum absolute atomic E-state index is 13.4. The lowest BCUT2D eigenvalue weighted by Gasteiger charge is -2.10. The van der Waals surface area contributed by atoms with Crippen molar-refractivity contribution in [2.45, 2.75) is 19.4 Å². The average Bonchev–Trinajstić information content (AvgIpc) is 2.75. The zero-order valence-electron chi connectivity index (χ0n) is 9.67. The zero-order chi connectivity index (χ0) is 13.5. The molecule has 1 heterocycles. The van der Waals surface area contributed by atoms with Crippen LogP contribution in [-0.2, 0) is 5.54 Å². The summed E-state index contributed by atoms with van der Waals surface area (Å²) in [6.45, 7) is 3.40. The van der Waals surface area contributed by atoms with Crippen molar-refractivity contribution >= 4 is 15.9 Å². The van der Waals surface area contributed by atoms with Gasteiger partial charge in [0.15, 0.2) is 11.6 Å². The van der Waals surface area contributed by atoms with Crippen LogP contribution in [0.15, 0.2) is 21.1 Å². The van der Waals surface area contributed by atoms with Gasteiger partial charge in [-0.05, 0) is 41.9 Å². The van der Waals surface area contributed by atoms with Crippen LogP contribution in [0.4, 0.5) is 8.78 Å². The van der Waals surface area contributed by atoms with E-state index in [1.807, 2.05) is 0 Å². The summed E-state index contributed by atoms with van der Waals surface area (Å²) in [4.78, 5) is 4.06. The van der Waals surface area contributed by atoms with E-state index in [1.165, 1.54) is 6.07 Å². The van der Waals surface area contributed by atoms with E-state index in [0.717, 1.165) is 6.07 Å². The van der Waals surface area contributed by atoms with Gasteiger partial charge in [-0.1, -0.05) is 5.16 Å². The van der Waals surface area contributed by atoms with E-state index in [2.05, 4.69) is 26.1 Å². The Bertz CT molecular complexity index is 592. The van der Waals surface area contributed by atoms with Gasteiger partial charge in [-0.3, -0.25) is 0 Å². The minimum Gasteiger partial charge on any atom is -0.337 e. The first-order valence-electron chi connectivity index (χ1n) is 5.07. The Morgan fingerprint density at radius 3 is 2.56 bits per heavy atom. The molecule has 0 amide bonds. The number of halogens is 3. The molecule has 1 aromatic carbocycles. The number of benzene rings is 1. The Labute approximate surface area is 110 Å². The van der Waals surface area contributed by atoms with Crippen molar-refractivity contribution in [2.75, 3.05) is 0 Å². The van der Waals surface area contributed by atoms with Crippen LogP contribution in [0.5, 0.6) is 0 Å². The molecular weight excluding hydrogens is 308 g/mol. The molecule has 1 aromatic heterocycles. The third-order valence-electron chi connectivity index (χ3n) is 2.25. The molecule has 2 aromatic rings. The van der Waals surface area contributed by atoms with Crippen LogP contribution in [0.1, 0.15) is 19.7 Å². The van der Waals surface area contributed by atoms with E-state index in [-0.39, 0.29) is 16.2 Å².